The summed E-state index contributed by atoms with van der Waals surface area (Å²) in [5.41, 5.74) is 2.90. The Balaban J connectivity index is 1.54. The van der Waals surface area contributed by atoms with E-state index in [9.17, 15) is 13.6 Å². The molecule has 6 nitrogen and oxygen atoms in total. The van der Waals surface area contributed by atoms with Crippen molar-refractivity contribution in [2.75, 3.05) is 13.7 Å². The third-order valence-electron chi connectivity index (χ3n) is 5.60. The molecule has 0 saturated carbocycles. The molecule has 1 aliphatic heterocycles. The highest BCUT2D eigenvalue weighted by molar-refractivity contribution is 7.15. The standard InChI is InChI=1S/C24H20F2N4O2S/c1-12-6-20(23-28-18-5-4-17(32-3)10-19(18)29-23)30(11-12)24(31)21-22(33-13(2)27-21)14-7-15(25)9-16(26)8-14/h4-5,7-10,20H,1,6,11H2,2-3H3,(H,28,29)/t20-/m0/s1. The molecule has 1 atom stereocenters. The SMILES string of the molecule is C=C1C[C@@H](c2nc3ccc(OC)cc3[nH]2)N(C(=O)c2nc(C)sc2-c2cc(F)cc(F)c2)C1. The third kappa shape index (κ3) is 3.89. The maximum atomic E-state index is 13.9. The van der Waals surface area contributed by atoms with Crippen LogP contribution in [0.1, 0.15) is 33.8 Å². The summed E-state index contributed by atoms with van der Waals surface area (Å²) < 4.78 is 33.0. The number of imidazole rings is 1. The van der Waals surface area contributed by atoms with Crippen molar-refractivity contribution in [3.8, 4) is 16.2 Å². The van der Waals surface area contributed by atoms with Gasteiger partial charge in [0.1, 0.15) is 28.9 Å². The van der Waals surface area contributed by atoms with Crippen LogP contribution in [0.5, 0.6) is 5.75 Å². The fraction of sp³-hybridized carbons (Fsp3) is 0.208. The van der Waals surface area contributed by atoms with Crippen LogP contribution in [0.3, 0.4) is 0 Å². The summed E-state index contributed by atoms with van der Waals surface area (Å²) in [6.07, 6.45) is 0.551. The molecule has 1 saturated heterocycles. The molecule has 1 amide bonds. The van der Waals surface area contributed by atoms with Crippen molar-refractivity contribution < 1.29 is 18.3 Å². The minimum absolute atomic E-state index is 0.167. The Hall–Kier alpha value is -3.59. The van der Waals surface area contributed by atoms with Crippen LogP contribution in [0.2, 0.25) is 0 Å². The molecule has 4 aromatic rings. The van der Waals surface area contributed by atoms with Gasteiger partial charge >= 0.3 is 0 Å². The number of halogens is 2. The number of H-pyrrole nitrogens is 1. The molecule has 1 N–H and O–H groups in total. The number of nitrogens with zero attached hydrogens (tertiary/aromatic N) is 3. The van der Waals surface area contributed by atoms with E-state index in [1.54, 1.807) is 18.9 Å². The van der Waals surface area contributed by atoms with E-state index in [4.69, 9.17) is 4.74 Å². The highest BCUT2D eigenvalue weighted by atomic mass is 32.1. The maximum Gasteiger partial charge on any atom is 0.274 e. The van der Waals surface area contributed by atoms with Crippen molar-refractivity contribution in [1.82, 2.24) is 19.9 Å². The van der Waals surface area contributed by atoms with Gasteiger partial charge in [-0.2, -0.15) is 0 Å². The van der Waals surface area contributed by atoms with E-state index in [0.717, 1.165) is 22.7 Å². The predicted molar refractivity (Wildman–Crippen MR) is 122 cm³/mol. The van der Waals surface area contributed by atoms with Gasteiger partial charge in [-0.25, -0.2) is 18.7 Å². The second-order valence-corrected chi connectivity index (χ2v) is 9.18. The first-order valence-corrected chi connectivity index (χ1v) is 11.1. The van der Waals surface area contributed by atoms with Gasteiger partial charge in [0, 0.05) is 18.7 Å². The average molecular weight is 467 g/mol. The van der Waals surface area contributed by atoms with Gasteiger partial charge in [0.05, 0.1) is 34.1 Å². The average Bonchev–Trinajstić information content (AvgIpc) is 3.47. The second kappa shape index (κ2) is 8.08. The fourth-order valence-electron chi connectivity index (χ4n) is 4.14. The van der Waals surface area contributed by atoms with Crippen molar-refractivity contribution >= 4 is 28.3 Å². The number of hydrogen-bond acceptors (Lipinski definition) is 5. The number of ether oxygens (including phenoxy) is 1. The fourth-order valence-corrected chi connectivity index (χ4v) is 5.04. The van der Waals surface area contributed by atoms with E-state index >= 15 is 0 Å². The predicted octanol–water partition coefficient (Wildman–Crippen LogP) is 5.43. The zero-order valence-electron chi connectivity index (χ0n) is 18.0. The third-order valence-corrected chi connectivity index (χ3v) is 6.62. The first-order valence-electron chi connectivity index (χ1n) is 10.3. The molecular formula is C24H20F2N4O2S. The molecule has 0 spiro atoms. The molecule has 5 rings (SSSR count). The number of carbonyl (C=O) groups excluding carboxylic acids is 1. The lowest BCUT2D eigenvalue weighted by atomic mass is 10.1. The molecule has 33 heavy (non-hydrogen) atoms. The van der Waals surface area contributed by atoms with Crippen LogP contribution in [-0.4, -0.2) is 39.4 Å². The van der Waals surface area contributed by atoms with Crippen molar-refractivity contribution in [2.24, 2.45) is 0 Å². The van der Waals surface area contributed by atoms with Gasteiger partial charge in [-0.3, -0.25) is 4.79 Å². The van der Waals surface area contributed by atoms with Crippen LogP contribution >= 0.6 is 11.3 Å². The van der Waals surface area contributed by atoms with E-state index in [1.807, 2.05) is 18.2 Å². The summed E-state index contributed by atoms with van der Waals surface area (Å²) in [6, 6.07) is 8.39. The summed E-state index contributed by atoms with van der Waals surface area (Å²) >= 11 is 1.23. The topological polar surface area (TPSA) is 71.1 Å². The lowest BCUT2D eigenvalue weighted by Gasteiger charge is -2.22. The number of nitrogens with one attached hydrogen (secondary N) is 1. The summed E-state index contributed by atoms with van der Waals surface area (Å²) in [6.45, 7) is 6.18. The normalized spacial score (nSPS) is 16.1. The van der Waals surface area contributed by atoms with Gasteiger partial charge in [0.25, 0.3) is 5.91 Å². The number of hydrogen-bond donors (Lipinski definition) is 1. The summed E-state index contributed by atoms with van der Waals surface area (Å²) in [4.78, 5) is 28.1. The number of amides is 1. The number of likely N-dealkylation sites (tertiary alicyclic amines) is 1. The molecule has 9 heteroatoms. The summed E-state index contributed by atoms with van der Waals surface area (Å²) in [7, 11) is 1.59. The number of aromatic amines is 1. The highest BCUT2D eigenvalue weighted by Gasteiger charge is 2.37. The highest BCUT2D eigenvalue weighted by Crippen LogP contribution is 2.38. The second-order valence-electron chi connectivity index (χ2n) is 7.98. The van der Waals surface area contributed by atoms with Crippen LogP contribution < -0.4 is 4.74 Å². The largest absolute Gasteiger partial charge is 0.497 e. The van der Waals surface area contributed by atoms with E-state index in [-0.39, 0.29) is 23.2 Å². The van der Waals surface area contributed by atoms with Crippen molar-refractivity contribution in [2.45, 2.75) is 19.4 Å². The zero-order valence-corrected chi connectivity index (χ0v) is 18.8. The Morgan fingerprint density at radius 2 is 1.97 bits per heavy atom. The minimum atomic E-state index is -0.709. The number of thiazole rings is 1. The van der Waals surface area contributed by atoms with Gasteiger partial charge < -0.3 is 14.6 Å². The molecule has 2 aromatic heterocycles. The number of rotatable bonds is 4. The molecule has 0 bridgehead atoms. The minimum Gasteiger partial charge on any atom is -0.497 e. The van der Waals surface area contributed by atoms with Crippen molar-refractivity contribution in [1.29, 1.82) is 0 Å². The van der Waals surface area contributed by atoms with Crippen molar-refractivity contribution in [3.05, 3.63) is 76.7 Å². The molecule has 1 aliphatic rings. The molecule has 1 fully saturated rings. The lowest BCUT2D eigenvalue weighted by molar-refractivity contribution is 0.0728. The zero-order chi connectivity index (χ0) is 23.3. The Morgan fingerprint density at radius 1 is 1.21 bits per heavy atom. The first-order chi connectivity index (χ1) is 15.8. The van der Waals surface area contributed by atoms with E-state index in [0.29, 0.717) is 34.4 Å². The number of methoxy groups -OCH3 is 1. The molecule has 3 heterocycles. The lowest BCUT2D eigenvalue weighted by Crippen LogP contribution is -2.31. The number of aryl methyl sites for hydroxylation is 1. The Bertz CT molecular complexity index is 1390. The molecule has 0 unspecified atom stereocenters. The van der Waals surface area contributed by atoms with Gasteiger partial charge in [0.2, 0.25) is 0 Å². The first kappa shape index (κ1) is 21.3. The van der Waals surface area contributed by atoms with E-state index in [2.05, 4.69) is 21.5 Å². The molecule has 168 valence electrons. The quantitative estimate of drug-likeness (QED) is 0.408. The molecule has 0 radical (unpaired) electrons. The maximum absolute atomic E-state index is 13.9. The van der Waals surface area contributed by atoms with Crippen LogP contribution in [0.25, 0.3) is 21.5 Å². The number of aromatic nitrogens is 3. The van der Waals surface area contributed by atoms with E-state index < -0.39 is 11.6 Å². The van der Waals surface area contributed by atoms with Gasteiger partial charge in [0.15, 0.2) is 0 Å². The molecular weight excluding hydrogens is 446 g/mol. The van der Waals surface area contributed by atoms with E-state index in [1.165, 1.54) is 23.5 Å². The van der Waals surface area contributed by atoms with Crippen LogP contribution in [0.15, 0.2) is 48.6 Å². The molecule has 0 aliphatic carbocycles. The monoisotopic (exact) mass is 466 g/mol. The Labute approximate surface area is 192 Å². The van der Waals surface area contributed by atoms with Crippen LogP contribution in [-0.2, 0) is 0 Å². The van der Waals surface area contributed by atoms with Gasteiger partial charge in [-0.1, -0.05) is 12.2 Å². The van der Waals surface area contributed by atoms with Crippen LogP contribution in [0.4, 0.5) is 8.78 Å². The van der Waals surface area contributed by atoms with Crippen LogP contribution in [0, 0.1) is 18.6 Å². The van der Waals surface area contributed by atoms with Crippen molar-refractivity contribution in [3.63, 3.8) is 0 Å². The molecule has 2 aromatic carbocycles. The van der Waals surface area contributed by atoms with Gasteiger partial charge in [-0.15, -0.1) is 11.3 Å². The number of carbonyl (C=O) groups is 1. The Kier molecular flexibility index (Phi) is 5.20. The van der Waals surface area contributed by atoms with Gasteiger partial charge in [-0.05, 0) is 43.2 Å². The number of fused-ring (bicyclic) bond motifs is 1. The number of benzene rings is 2. The summed E-state index contributed by atoms with van der Waals surface area (Å²) in [5, 5.41) is 0.628. The Morgan fingerprint density at radius 3 is 2.70 bits per heavy atom. The smallest absolute Gasteiger partial charge is 0.274 e. The summed E-state index contributed by atoms with van der Waals surface area (Å²) in [5.74, 6) is -0.415.